The van der Waals surface area contributed by atoms with Crippen LogP contribution in [-0.2, 0) is 14.8 Å². The third kappa shape index (κ3) is 3.99. The lowest BCUT2D eigenvalue weighted by Crippen LogP contribution is -2.48. The molecule has 134 valence electrons. The number of aryl methyl sites for hydroxylation is 1. The molecule has 2 heterocycles. The maximum absolute atomic E-state index is 12.7. The second-order valence-electron chi connectivity index (χ2n) is 7.63. The van der Waals surface area contributed by atoms with E-state index in [-0.39, 0.29) is 5.60 Å². The van der Waals surface area contributed by atoms with E-state index < -0.39 is 10.0 Å². The highest BCUT2D eigenvalue weighted by Crippen LogP contribution is 2.26. The highest BCUT2D eigenvalue weighted by molar-refractivity contribution is 7.89. The molecule has 1 aromatic rings. The fourth-order valence-corrected chi connectivity index (χ4v) is 5.07. The third-order valence-corrected chi connectivity index (χ3v) is 6.91. The van der Waals surface area contributed by atoms with E-state index in [9.17, 15) is 8.42 Å². The molecule has 0 spiro atoms. The number of rotatable bonds is 4. The predicted molar refractivity (Wildman–Crippen MR) is 94.5 cm³/mol. The first-order chi connectivity index (χ1) is 11.3. The molecule has 24 heavy (non-hydrogen) atoms. The van der Waals surface area contributed by atoms with Crippen LogP contribution in [-0.4, -0.2) is 50.1 Å². The molecule has 0 saturated carbocycles. The first-order valence-electron chi connectivity index (χ1n) is 8.73. The summed E-state index contributed by atoms with van der Waals surface area (Å²) in [4.78, 5) is 0.394. The molecule has 0 radical (unpaired) electrons. The van der Waals surface area contributed by atoms with Gasteiger partial charge in [-0.2, -0.15) is 4.31 Å². The first-order valence-corrected chi connectivity index (χ1v) is 10.2. The van der Waals surface area contributed by atoms with Gasteiger partial charge in [0.25, 0.3) is 0 Å². The van der Waals surface area contributed by atoms with E-state index in [1.165, 1.54) is 0 Å². The molecular weight excluding hydrogens is 324 g/mol. The number of hydrogen-bond donors (Lipinski definition) is 1. The van der Waals surface area contributed by atoms with Crippen LogP contribution in [0.25, 0.3) is 0 Å². The summed E-state index contributed by atoms with van der Waals surface area (Å²) in [5, 5.41) is 3.65. The van der Waals surface area contributed by atoms with Gasteiger partial charge in [-0.05, 0) is 52.2 Å². The van der Waals surface area contributed by atoms with Crippen LogP contribution in [0.2, 0.25) is 0 Å². The zero-order chi connectivity index (χ0) is 17.4. The van der Waals surface area contributed by atoms with E-state index in [0.717, 1.165) is 31.4 Å². The minimum atomic E-state index is -3.37. The maximum Gasteiger partial charge on any atom is 0.243 e. The van der Waals surface area contributed by atoms with E-state index in [4.69, 9.17) is 4.74 Å². The van der Waals surface area contributed by atoms with Crippen molar-refractivity contribution in [2.75, 3.05) is 19.7 Å². The molecule has 3 rings (SSSR count). The summed E-state index contributed by atoms with van der Waals surface area (Å²) in [6, 6.07) is 7.86. The highest BCUT2D eigenvalue weighted by atomic mass is 32.2. The van der Waals surface area contributed by atoms with Crippen molar-refractivity contribution in [2.45, 2.75) is 62.6 Å². The van der Waals surface area contributed by atoms with Gasteiger partial charge in [0.05, 0.1) is 17.1 Å². The Bertz CT molecular complexity index is 662. The summed E-state index contributed by atoms with van der Waals surface area (Å²) in [5.74, 6) is 0. The third-order valence-electron chi connectivity index (χ3n) is 5.00. The summed E-state index contributed by atoms with van der Waals surface area (Å²) < 4.78 is 32.8. The van der Waals surface area contributed by atoms with Crippen molar-refractivity contribution in [3.63, 3.8) is 0 Å². The summed E-state index contributed by atoms with van der Waals surface area (Å²) in [6.07, 6.45) is 2.71. The van der Waals surface area contributed by atoms with Crippen molar-refractivity contribution >= 4 is 10.0 Å². The fraction of sp³-hybridized carbons (Fsp3) is 0.667. The van der Waals surface area contributed by atoms with Gasteiger partial charge in [0.2, 0.25) is 10.0 Å². The number of benzene rings is 1. The molecule has 0 aliphatic carbocycles. The lowest BCUT2D eigenvalue weighted by Gasteiger charge is -2.33. The van der Waals surface area contributed by atoms with Crippen LogP contribution in [0.3, 0.4) is 0 Å². The van der Waals surface area contributed by atoms with Crippen molar-refractivity contribution in [2.24, 2.45) is 0 Å². The van der Waals surface area contributed by atoms with Crippen LogP contribution < -0.4 is 5.32 Å². The number of sulfonamides is 1. The van der Waals surface area contributed by atoms with Crippen molar-refractivity contribution in [1.29, 1.82) is 0 Å². The Morgan fingerprint density at radius 2 is 1.75 bits per heavy atom. The second kappa shape index (κ2) is 6.75. The molecule has 1 atom stereocenters. The SMILES string of the molecule is Cc1ccc(S(=O)(=O)N2CCC(NC3COC(C)(C)C3)CC2)cc1. The molecule has 6 heteroatoms. The smallest absolute Gasteiger partial charge is 0.243 e. The number of hydrogen-bond acceptors (Lipinski definition) is 4. The molecule has 2 saturated heterocycles. The van der Waals surface area contributed by atoms with Gasteiger partial charge in [-0.15, -0.1) is 0 Å². The quantitative estimate of drug-likeness (QED) is 0.903. The van der Waals surface area contributed by atoms with Crippen molar-refractivity contribution < 1.29 is 13.2 Å². The van der Waals surface area contributed by atoms with Crippen LogP contribution in [0.5, 0.6) is 0 Å². The molecular formula is C18H28N2O3S. The van der Waals surface area contributed by atoms with Gasteiger partial charge >= 0.3 is 0 Å². The second-order valence-corrected chi connectivity index (χ2v) is 9.57. The number of nitrogens with zero attached hydrogens (tertiary/aromatic N) is 1. The van der Waals surface area contributed by atoms with Gasteiger partial charge in [-0.3, -0.25) is 0 Å². The zero-order valence-electron chi connectivity index (χ0n) is 14.8. The molecule has 2 fully saturated rings. The van der Waals surface area contributed by atoms with Gasteiger partial charge in [0.1, 0.15) is 0 Å². The van der Waals surface area contributed by atoms with Gasteiger partial charge in [-0.1, -0.05) is 17.7 Å². The molecule has 0 amide bonds. The normalized spacial score (nSPS) is 25.9. The molecule has 1 unspecified atom stereocenters. The van der Waals surface area contributed by atoms with Crippen molar-refractivity contribution in [3.8, 4) is 0 Å². The van der Waals surface area contributed by atoms with E-state index in [1.807, 2.05) is 19.1 Å². The van der Waals surface area contributed by atoms with Crippen molar-refractivity contribution in [1.82, 2.24) is 9.62 Å². The average Bonchev–Trinajstić information content (AvgIpc) is 2.87. The Labute approximate surface area is 145 Å². The standard InChI is InChI=1S/C18H28N2O3S/c1-14-4-6-17(7-5-14)24(21,22)20-10-8-15(9-11-20)19-16-12-18(2,3)23-13-16/h4-7,15-16,19H,8-13H2,1-3H3. The van der Waals surface area contributed by atoms with Crippen LogP contribution in [0.4, 0.5) is 0 Å². The molecule has 2 aliphatic heterocycles. The van der Waals surface area contributed by atoms with E-state index >= 15 is 0 Å². The largest absolute Gasteiger partial charge is 0.374 e. The zero-order valence-corrected chi connectivity index (χ0v) is 15.6. The molecule has 2 aliphatic rings. The Morgan fingerprint density at radius 1 is 1.12 bits per heavy atom. The number of piperidine rings is 1. The summed E-state index contributed by atoms with van der Waals surface area (Å²) in [6.45, 7) is 8.09. The molecule has 1 aromatic carbocycles. The lowest BCUT2D eigenvalue weighted by atomic mass is 10.0. The first kappa shape index (κ1) is 17.9. The fourth-order valence-electron chi connectivity index (χ4n) is 3.60. The van der Waals surface area contributed by atoms with E-state index in [1.54, 1.807) is 16.4 Å². The summed E-state index contributed by atoms with van der Waals surface area (Å²) in [5.41, 5.74) is 1.02. The molecule has 1 N–H and O–H groups in total. The summed E-state index contributed by atoms with van der Waals surface area (Å²) >= 11 is 0. The highest BCUT2D eigenvalue weighted by Gasteiger charge is 2.35. The monoisotopic (exact) mass is 352 g/mol. The maximum atomic E-state index is 12.7. The predicted octanol–water partition coefficient (Wildman–Crippen LogP) is 2.31. The van der Waals surface area contributed by atoms with E-state index in [2.05, 4.69) is 19.2 Å². The van der Waals surface area contributed by atoms with Crippen LogP contribution in [0.15, 0.2) is 29.2 Å². The number of nitrogens with one attached hydrogen (secondary N) is 1. The molecule has 0 bridgehead atoms. The Balaban J connectivity index is 1.56. The Morgan fingerprint density at radius 3 is 2.29 bits per heavy atom. The van der Waals surface area contributed by atoms with Gasteiger partial charge in [0, 0.05) is 25.2 Å². The van der Waals surface area contributed by atoms with Crippen LogP contribution in [0, 0.1) is 6.92 Å². The van der Waals surface area contributed by atoms with Gasteiger partial charge < -0.3 is 10.1 Å². The van der Waals surface area contributed by atoms with Crippen LogP contribution in [0.1, 0.15) is 38.7 Å². The average molecular weight is 353 g/mol. The summed E-state index contributed by atoms with van der Waals surface area (Å²) in [7, 11) is -3.37. The molecule has 0 aromatic heterocycles. The van der Waals surface area contributed by atoms with Gasteiger partial charge in [-0.25, -0.2) is 8.42 Å². The van der Waals surface area contributed by atoms with E-state index in [0.29, 0.717) is 30.1 Å². The topological polar surface area (TPSA) is 58.6 Å². The van der Waals surface area contributed by atoms with Gasteiger partial charge in [0.15, 0.2) is 0 Å². The van der Waals surface area contributed by atoms with Crippen LogP contribution >= 0.6 is 0 Å². The number of ether oxygens (including phenoxy) is 1. The minimum Gasteiger partial charge on any atom is -0.374 e. The minimum absolute atomic E-state index is 0.0485. The molecule has 5 nitrogen and oxygen atoms in total. The Kier molecular flexibility index (Phi) is 5.02. The Hall–Kier alpha value is -0.950. The van der Waals surface area contributed by atoms with Crippen molar-refractivity contribution in [3.05, 3.63) is 29.8 Å². The lowest BCUT2D eigenvalue weighted by molar-refractivity contribution is 0.0354.